The van der Waals surface area contributed by atoms with Crippen LogP contribution in [0.1, 0.15) is 20.7 Å². The summed E-state index contributed by atoms with van der Waals surface area (Å²) < 4.78 is 37.6. The van der Waals surface area contributed by atoms with Crippen molar-refractivity contribution in [1.29, 1.82) is 0 Å². The smallest absolute Gasteiger partial charge is 0.269 e. The van der Waals surface area contributed by atoms with E-state index in [0.29, 0.717) is 22.7 Å². The number of nitrogens with one attached hydrogen (secondary N) is 3. The summed E-state index contributed by atoms with van der Waals surface area (Å²) >= 11 is 0. The molecule has 3 rings (SSSR count). The highest BCUT2D eigenvalue weighted by molar-refractivity contribution is 7.92. The summed E-state index contributed by atoms with van der Waals surface area (Å²) in [4.78, 5) is 24.4. The Morgan fingerprint density at radius 2 is 1.06 bits per heavy atom. The molecule has 2 amide bonds. The zero-order chi connectivity index (χ0) is 23.1. The summed E-state index contributed by atoms with van der Waals surface area (Å²) in [5.74, 6) is 0.0901. The topological polar surface area (TPSA) is 123 Å². The van der Waals surface area contributed by atoms with Crippen LogP contribution in [0, 0.1) is 0 Å². The fraction of sp³-hybridized carbons (Fsp3) is 0.0909. The van der Waals surface area contributed by atoms with Gasteiger partial charge in [0.05, 0.1) is 19.1 Å². The van der Waals surface area contributed by atoms with Crippen molar-refractivity contribution in [3.05, 3.63) is 83.9 Å². The summed E-state index contributed by atoms with van der Waals surface area (Å²) in [6.07, 6.45) is 0. The molecule has 3 aromatic rings. The van der Waals surface area contributed by atoms with Gasteiger partial charge in [0.2, 0.25) is 0 Å². The zero-order valence-corrected chi connectivity index (χ0v) is 18.1. The molecule has 3 N–H and O–H groups in total. The lowest BCUT2D eigenvalue weighted by Crippen LogP contribution is -2.41. The first-order chi connectivity index (χ1) is 15.3. The monoisotopic (exact) mass is 455 g/mol. The normalized spacial score (nSPS) is 10.7. The molecule has 0 aliphatic rings. The van der Waals surface area contributed by atoms with E-state index < -0.39 is 21.8 Å². The van der Waals surface area contributed by atoms with Crippen molar-refractivity contribution < 1.29 is 27.5 Å². The standard InChI is InChI=1S/C22H21N3O6S/c1-30-18-9-3-15(4-10-18)21(26)23-24-22(27)16-5-13-20(14-6-16)32(28,29)25-17-7-11-19(31-2)12-8-17/h3-14,25H,1-2H3,(H,23,26)(H,24,27). The van der Waals surface area contributed by atoms with Gasteiger partial charge in [-0.1, -0.05) is 0 Å². The molecule has 0 saturated carbocycles. The summed E-state index contributed by atoms with van der Waals surface area (Å²) in [6, 6.07) is 18.0. The highest BCUT2D eigenvalue weighted by atomic mass is 32.2. The van der Waals surface area contributed by atoms with Gasteiger partial charge in [-0.15, -0.1) is 0 Å². The average Bonchev–Trinajstić information content (AvgIpc) is 2.82. The molecule has 0 aromatic heterocycles. The van der Waals surface area contributed by atoms with Crippen molar-refractivity contribution in [2.45, 2.75) is 4.90 Å². The molecule has 0 atom stereocenters. The Morgan fingerprint density at radius 1 is 0.656 bits per heavy atom. The Balaban J connectivity index is 1.60. The number of hydrogen-bond donors (Lipinski definition) is 3. The van der Waals surface area contributed by atoms with Gasteiger partial charge in [-0.25, -0.2) is 8.42 Å². The van der Waals surface area contributed by atoms with E-state index in [4.69, 9.17) is 9.47 Å². The molecule has 9 nitrogen and oxygen atoms in total. The van der Waals surface area contributed by atoms with E-state index in [1.807, 2.05) is 0 Å². The number of sulfonamides is 1. The molecule has 0 bridgehead atoms. The summed E-state index contributed by atoms with van der Waals surface area (Å²) in [5.41, 5.74) is 5.46. The number of methoxy groups -OCH3 is 2. The van der Waals surface area contributed by atoms with Gasteiger partial charge in [0.1, 0.15) is 11.5 Å². The van der Waals surface area contributed by atoms with Crippen molar-refractivity contribution in [3.8, 4) is 11.5 Å². The third kappa shape index (κ3) is 5.55. The van der Waals surface area contributed by atoms with Crippen LogP contribution in [0.25, 0.3) is 0 Å². The summed E-state index contributed by atoms with van der Waals surface area (Å²) in [5, 5.41) is 0. The molecule has 0 unspecified atom stereocenters. The number of ether oxygens (including phenoxy) is 2. The van der Waals surface area contributed by atoms with E-state index >= 15 is 0 Å². The van der Waals surface area contributed by atoms with E-state index in [1.54, 1.807) is 48.5 Å². The molecule has 10 heteroatoms. The van der Waals surface area contributed by atoms with Crippen LogP contribution >= 0.6 is 0 Å². The number of rotatable bonds is 7. The second-order valence-corrected chi connectivity index (χ2v) is 8.18. The van der Waals surface area contributed by atoms with Crippen LogP contribution in [0.5, 0.6) is 11.5 Å². The number of amides is 2. The van der Waals surface area contributed by atoms with Crippen LogP contribution < -0.4 is 25.0 Å². The fourth-order valence-corrected chi connectivity index (χ4v) is 3.72. The van der Waals surface area contributed by atoms with E-state index in [2.05, 4.69) is 15.6 Å². The number of hydrazine groups is 1. The van der Waals surface area contributed by atoms with Crippen LogP contribution in [0.2, 0.25) is 0 Å². The number of carbonyl (C=O) groups is 2. The molecule has 0 spiro atoms. The lowest BCUT2D eigenvalue weighted by Gasteiger charge is -2.10. The van der Waals surface area contributed by atoms with Crippen LogP contribution in [0.15, 0.2) is 77.7 Å². The Bertz CT molecular complexity index is 1190. The van der Waals surface area contributed by atoms with Crippen LogP contribution in [0.3, 0.4) is 0 Å². The van der Waals surface area contributed by atoms with Crippen LogP contribution in [0.4, 0.5) is 5.69 Å². The maximum Gasteiger partial charge on any atom is 0.269 e. The molecular weight excluding hydrogens is 434 g/mol. The minimum atomic E-state index is -3.85. The van der Waals surface area contributed by atoms with Crippen molar-refractivity contribution in [1.82, 2.24) is 10.9 Å². The third-order valence-electron chi connectivity index (χ3n) is 4.41. The summed E-state index contributed by atoms with van der Waals surface area (Å²) in [7, 11) is -0.815. The SMILES string of the molecule is COc1ccc(NS(=O)(=O)c2ccc(C(=O)NNC(=O)c3ccc(OC)cc3)cc2)cc1. The molecule has 0 saturated heterocycles. The van der Waals surface area contributed by atoms with Crippen molar-refractivity contribution in [2.24, 2.45) is 0 Å². The van der Waals surface area contributed by atoms with E-state index in [-0.39, 0.29) is 10.5 Å². The first-order valence-corrected chi connectivity index (χ1v) is 10.8. The van der Waals surface area contributed by atoms with E-state index in [9.17, 15) is 18.0 Å². The first-order valence-electron chi connectivity index (χ1n) is 9.34. The second-order valence-electron chi connectivity index (χ2n) is 6.50. The van der Waals surface area contributed by atoms with Gasteiger partial charge < -0.3 is 9.47 Å². The molecule has 32 heavy (non-hydrogen) atoms. The Hall–Kier alpha value is -4.05. The lowest BCUT2D eigenvalue weighted by atomic mass is 10.2. The number of anilines is 1. The second kappa shape index (κ2) is 9.84. The predicted molar refractivity (Wildman–Crippen MR) is 118 cm³/mol. The minimum Gasteiger partial charge on any atom is -0.497 e. The van der Waals surface area contributed by atoms with Crippen molar-refractivity contribution in [2.75, 3.05) is 18.9 Å². The Morgan fingerprint density at radius 3 is 1.50 bits per heavy atom. The van der Waals surface area contributed by atoms with Gasteiger partial charge >= 0.3 is 0 Å². The molecule has 166 valence electrons. The molecule has 3 aromatic carbocycles. The molecular formula is C22H21N3O6S. The molecule has 0 heterocycles. The number of hydrogen-bond acceptors (Lipinski definition) is 6. The van der Waals surface area contributed by atoms with Crippen LogP contribution in [-0.2, 0) is 10.0 Å². The quantitative estimate of drug-likeness (QED) is 0.471. The predicted octanol–water partition coefficient (Wildman–Crippen LogP) is 2.58. The van der Waals surface area contributed by atoms with Gasteiger partial charge in [-0.2, -0.15) is 0 Å². The number of benzene rings is 3. The maximum atomic E-state index is 12.5. The maximum absolute atomic E-state index is 12.5. The minimum absolute atomic E-state index is 0.0212. The molecule has 0 radical (unpaired) electrons. The van der Waals surface area contributed by atoms with E-state index in [1.165, 1.54) is 38.5 Å². The van der Waals surface area contributed by atoms with E-state index in [0.717, 1.165) is 0 Å². The van der Waals surface area contributed by atoms with Gasteiger partial charge in [0.15, 0.2) is 0 Å². The third-order valence-corrected chi connectivity index (χ3v) is 5.81. The fourth-order valence-electron chi connectivity index (χ4n) is 2.66. The molecule has 0 aliphatic carbocycles. The summed E-state index contributed by atoms with van der Waals surface area (Å²) in [6.45, 7) is 0. The largest absolute Gasteiger partial charge is 0.497 e. The lowest BCUT2D eigenvalue weighted by molar-refractivity contribution is 0.0846. The number of carbonyl (C=O) groups excluding carboxylic acids is 2. The van der Waals surface area contributed by atoms with Gasteiger partial charge in [0.25, 0.3) is 21.8 Å². The zero-order valence-electron chi connectivity index (χ0n) is 17.3. The van der Waals surface area contributed by atoms with Gasteiger partial charge in [-0.05, 0) is 72.8 Å². The van der Waals surface area contributed by atoms with Crippen molar-refractivity contribution >= 4 is 27.5 Å². The molecule has 0 aliphatic heterocycles. The first kappa shape index (κ1) is 22.6. The Labute approximate surface area is 185 Å². The van der Waals surface area contributed by atoms with Crippen molar-refractivity contribution in [3.63, 3.8) is 0 Å². The van der Waals surface area contributed by atoms with Crippen LogP contribution in [-0.4, -0.2) is 34.5 Å². The average molecular weight is 455 g/mol. The van der Waals surface area contributed by atoms with Gasteiger partial charge in [0, 0.05) is 16.8 Å². The molecule has 0 fully saturated rings. The Kier molecular flexibility index (Phi) is 6.96. The van der Waals surface area contributed by atoms with Gasteiger partial charge in [-0.3, -0.25) is 25.2 Å². The highest BCUT2D eigenvalue weighted by Gasteiger charge is 2.16. The highest BCUT2D eigenvalue weighted by Crippen LogP contribution is 2.19.